The summed E-state index contributed by atoms with van der Waals surface area (Å²) in [6, 6.07) is 18.3. The van der Waals surface area contributed by atoms with E-state index in [0.717, 1.165) is 47.2 Å². The minimum Gasteiger partial charge on any atom is -0.497 e. The number of hydrogen-bond acceptors (Lipinski definition) is 5. The number of ether oxygens (including phenoxy) is 1. The van der Waals surface area contributed by atoms with Crippen LogP contribution in [0.15, 0.2) is 59.8 Å². The summed E-state index contributed by atoms with van der Waals surface area (Å²) in [5, 5.41) is 9.50. The summed E-state index contributed by atoms with van der Waals surface area (Å²) in [5.74, 6) is 2.17. The van der Waals surface area contributed by atoms with Crippen molar-refractivity contribution < 1.29 is 9.53 Å². The highest BCUT2D eigenvalue weighted by Gasteiger charge is 2.32. The molecule has 30 heavy (non-hydrogen) atoms. The smallest absolute Gasteiger partial charge is 0.233 e. The molecule has 1 amide bonds. The molecule has 0 radical (unpaired) electrons. The first-order chi connectivity index (χ1) is 14.7. The van der Waals surface area contributed by atoms with Crippen LogP contribution in [0.2, 0.25) is 0 Å². The number of carbonyl (C=O) groups excluding carboxylic acids is 1. The summed E-state index contributed by atoms with van der Waals surface area (Å²) in [5.41, 5.74) is 2.15. The summed E-state index contributed by atoms with van der Waals surface area (Å²) in [6.07, 6.45) is 2.16. The van der Waals surface area contributed by atoms with Gasteiger partial charge in [-0.2, -0.15) is 0 Å². The molecular weight excluding hydrogens is 396 g/mol. The van der Waals surface area contributed by atoms with Gasteiger partial charge in [0, 0.05) is 24.7 Å². The molecule has 0 bridgehead atoms. The number of methoxy groups -OCH3 is 1. The van der Waals surface area contributed by atoms with Crippen LogP contribution in [0.25, 0.3) is 11.4 Å². The Morgan fingerprint density at radius 2 is 1.87 bits per heavy atom. The SMILES string of the molecule is CCn1c(SCC(=O)N(Cc2ccc(OC)cc2)C2CC2)nnc1-c1ccccc1. The largest absolute Gasteiger partial charge is 0.497 e. The fourth-order valence-corrected chi connectivity index (χ4v) is 4.31. The van der Waals surface area contributed by atoms with Crippen molar-refractivity contribution in [3.05, 3.63) is 60.2 Å². The lowest BCUT2D eigenvalue weighted by Crippen LogP contribution is -2.34. The second-order valence-electron chi connectivity index (χ2n) is 7.31. The average molecular weight is 423 g/mol. The van der Waals surface area contributed by atoms with Crippen LogP contribution in [-0.4, -0.2) is 44.5 Å². The van der Waals surface area contributed by atoms with Gasteiger partial charge in [0.15, 0.2) is 11.0 Å². The molecule has 0 saturated heterocycles. The van der Waals surface area contributed by atoms with E-state index in [4.69, 9.17) is 4.74 Å². The fourth-order valence-electron chi connectivity index (χ4n) is 3.43. The Morgan fingerprint density at radius 3 is 2.50 bits per heavy atom. The quantitative estimate of drug-likeness (QED) is 0.482. The molecule has 0 aliphatic heterocycles. The van der Waals surface area contributed by atoms with Crippen LogP contribution in [0.1, 0.15) is 25.3 Å². The van der Waals surface area contributed by atoms with Gasteiger partial charge >= 0.3 is 0 Å². The van der Waals surface area contributed by atoms with Gasteiger partial charge < -0.3 is 14.2 Å². The lowest BCUT2D eigenvalue weighted by molar-refractivity contribution is -0.129. The van der Waals surface area contributed by atoms with Gasteiger partial charge in [-0.25, -0.2) is 0 Å². The van der Waals surface area contributed by atoms with Gasteiger partial charge in [-0.15, -0.1) is 10.2 Å². The zero-order valence-electron chi connectivity index (χ0n) is 17.3. The maximum atomic E-state index is 13.0. The molecule has 156 valence electrons. The van der Waals surface area contributed by atoms with Crippen LogP contribution in [0, 0.1) is 0 Å². The minimum absolute atomic E-state index is 0.144. The van der Waals surface area contributed by atoms with Gasteiger partial charge in [0.25, 0.3) is 0 Å². The Kier molecular flexibility index (Phi) is 6.38. The molecule has 2 aromatic carbocycles. The van der Waals surface area contributed by atoms with E-state index in [1.54, 1.807) is 7.11 Å². The summed E-state index contributed by atoms with van der Waals surface area (Å²) < 4.78 is 7.29. The van der Waals surface area contributed by atoms with Crippen molar-refractivity contribution in [1.29, 1.82) is 0 Å². The van der Waals surface area contributed by atoms with Gasteiger partial charge in [-0.1, -0.05) is 54.2 Å². The Morgan fingerprint density at radius 1 is 1.13 bits per heavy atom. The second kappa shape index (κ2) is 9.34. The molecule has 6 nitrogen and oxygen atoms in total. The lowest BCUT2D eigenvalue weighted by atomic mass is 10.2. The van der Waals surface area contributed by atoms with Crippen molar-refractivity contribution in [3.63, 3.8) is 0 Å². The Labute approximate surface area is 181 Å². The van der Waals surface area contributed by atoms with Crippen LogP contribution < -0.4 is 4.74 Å². The lowest BCUT2D eigenvalue weighted by Gasteiger charge is -2.22. The molecule has 1 saturated carbocycles. The van der Waals surface area contributed by atoms with Crippen LogP contribution in [0.4, 0.5) is 0 Å². The molecule has 1 aliphatic carbocycles. The van der Waals surface area contributed by atoms with E-state index < -0.39 is 0 Å². The van der Waals surface area contributed by atoms with Crippen molar-refractivity contribution in [2.45, 2.75) is 44.1 Å². The van der Waals surface area contributed by atoms with E-state index >= 15 is 0 Å². The van der Waals surface area contributed by atoms with Crippen molar-refractivity contribution in [1.82, 2.24) is 19.7 Å². The van der Waals surface area contributed by atoms with Crippen LogP contribution in [-0.2, 0) is 17.9 Å². The highest BCUT2D eigenvalue weighted by molar-refractivity contribution is 7.99. The molecule has 1 aliphatic rings. The van der Waals surface area contributed by atoms with Crippen LogP contribution in [0.5, 0.6) is 5.75 Å². The number of nitrogens with zero attached hydrogens (tertiary/aromatic N) is 4. The number of rotatable bonds is 9. The predicted octanol–water partition coefficient (Wildman–Crippen LogP) is 4.26. The average Bonchev–Trinajstić information content (AvgIpc) is 3.55. The Balaban J connectivity index is 1.43. The highest BCUT2D eigenvalue weighted by Crippen LogP contribution is 2.30. The number of thioether (sulfide) groups is 1. The van der Waals surface area contributed by atoms with E-state index in [9.17, 15) is 4.79 Å². The third-order valence-corrected chi connectivity index (χ3v) is 6.16. The van der Waals surface area contributed by atoms with Crippen LogP contribution in [0.3, 0.4) is 0 Å². The van der Waals surface area contributed by atoms with Crippen LogP contribution >= 0.6 is 11.8 Å². The molecule has 0 spiro atoms. The van der Waals surface area contributed by atoms with Gasteiger partial charge in [-0.05, 0) is 37.5 Å². The molecule has 7 heteroatoms. The number of amides is 1. The number of aromatic nitrogens is 3. The standard InChI is InChI=1S/C23H26N4O2S/c1-3-26-22(18-7-5-4-6-8-18)24-25-23(26)30-16-21(28)27(19-11-12-19)15-17-9-13-20(29-2)14-10-17/h4-10,13-14,19H,3,11-12,15-16H2,1-2H3. The monoisotopic (exact) mass is 422 g/mol. The van der Waals surface area contributed by atoms with Gasteiger partial charge in [0.1, 0.15) is 5.75 Å². The number of hydrogen-bond donors (Lipinski definition) is 0. The van der Waals surface area contributed by atoms with E-state index in [1.807, 2.05) is 59.5 Å². The Hall–Kier alpha value is -2.80. The molecule has 0 unspecified atom stereocenters. The topological polar surface area (TPSA) is 60.2 Å². The van der Waals surface area contributed by atoms with Gasteiger partial charge in [0.05, 0.1) is 12.9 Å². The summed E-state index contributed by atoms with van der Waals surface area (Å²) in [4.78, 5) is 15.0. The third kappa shape index (κ3) is 4.67. The van der Waals surface area contributed by atoms with Crippen molar-refractivity contribution in [2.24, 2.45) is 0 Å². The summed E-state index contributed by atoms with van der Waals surface area (Å²) in [7, 11) is 1.66. The minimum atomic E-state index is 0.144. The number of benzene rings is 2. The normalized spacial score (nSPS) is 13.3. The first-order valence-corrected chi connectivity index (χ1v) is 11.2. The van der Waals surface area contributed by atoms with E-state index in [1.165, 1.54) is 11.8 Å². The molecular formula is C23H26N4O2S. The summed E-state index contributed by atoms with van der Waals surface area (Å²) in [6.45, 7) is 3.46. The maximum Gasteiger partial charge on any atom is 0.233 e. The Bertz CT molecular complexity index is 984. The maximum absolute atomic E-state index is 13.0. The van der Waals surface area contributed by atoms with Gasteiger partial charge in [-0.3, -0.25) is 4.79 Å². The first-order valence-electron chi connectivity index (χ1n) is 10.2. The van der Waals surface area contributed by atoms with Crippen molar-refractivity contribution in [2.75, 3.05) is 12.9 Å². The molecule has 4 rings (SSSR count). The fraction of sp³-hybridized carbons (Fsp3) is 0.348. The molecule has 0 atom stereocenters. The van der Waals surface area contributed by atoms with Gasteiger partial charge in [0.2, 0.25) is 5.91 Å². The van der Waals surface area contributed by atoms with E-state index in [2.05, 4.69) is 21.7 Å². The molecule has 1 heterocycles. The second-order valence-corrected chi connectivity index (χ2v) is 8.25. The van der Waals surface area contributed by atoms with Crippen molar-refractivity contribution >= 4 is 17.7 Å². The van der Waals surface area contributed by atoms with E-state index in [-0.39, 0.29) is 5.91 Å². The molecule has 0 N–H and O–H groups in total. The zero-order valence-corrected chi connectivity index (χ0v) is 18.1. The molecule has 1 aromatic heterocycles. The molecule has 3 aromatic rings. The zero-order chi connectivity index (χ0) is 20.9. The van der Waals surface area contributed by atoms with E-state index in [0.29, 0.717) is 18.3 Å². The predicted molar refractivity (Wildman–Crippen MR) is 118 cm³/mol. The highest BCUT2D eigenvalue weighted by atomic mass is 32.2. The van der Waals surface area contributed by atoms with Crippen molar-refractivity contribution in [3.8, 4) is 17.1 Å². The number of carbonyl (C=O) groups is 1. The third-order valence-electron chi connectivity index (χ3n) is 5.21. The first kappa shape index (κ1) is 20.5. The molecule has 1 fully saturated rings. The summed E-state index contributed by atoms with van der Waals surface area (Å²) >= 11 is 1.46.